The van der Waals surface area contributed by atoms with Crippen LogP contribution in [0.2, 0.25) is 0 Å². The molecule has 0 aromatic carbocycles. The molecule has 3 heteroatoms. The lowest BCUT2D eigenvalue weighted by Crippen LogP contribution is -2.38. The van der Waals surface area contributed by atoms with E-state index in [0.29, 0.717) is 0 Å². The molecule has 0 bridgehead atoms. The van der Waals surface area contributed by atoms with Crippen molar-refractivity contribution in [3.8, 4) is 0 Å². The van der Waals surface area contributed by atoms with E-state index in [4.69, 9.17) is 0 Å². The Hall–Kier alpha value is 0.110. The summed E-state index contributed by atoms with van der Waals surface area (Å²) in [4.78, 5) is 0. The molecule has 0 saturated heterocycles. The Bertz CT molecular complexity index is 151. The summed E-state index contributed by atoms with van der Waals surface area (Å²) < 4.78 is 11.4. The zero-order valence-corrected chi connectivity index (χ0v) is 10.2. The molecular formula is C10H23NOS. The van der Waals surface area contributed by atoms with Crippen LogP contribution in [0.4, 0.5) is 0 Å². The van der Waals surface area contributed by atoms with Crippen molar-refractivity contribution in [2.45, 2.75) is 46.1 Å². The molecule has 0 aromatic rings. The molecule has 0 radical (unpaired) electrons. The van der Waals surface area contributed by atoms with E-state index < -0.39 is 10.8 Å². The van der Waals surface area contributed by atoms with Crippen LogP contribution in [0.3, 0.4) is 0 Å². The fourth-order valence-corrected chi connectivity index (χ4v) is 2.09. The topological polar surface area (TPSA) is 29.1 Å². The van der Waals surface area contributed by atoms with E-state index in [2.05, 4.69) is 33.0 Å². The number of hydrogen-bond acceptors (Lipinski definition) is 2. The lowest BCUT2D eigenvalue weighted by atomic mass is 10.1. The smallest absolute Gasteiger partial charge is 0.0360 e. The van der Waals surface area contributed by atoms with Crippen LogP contribution in [-0.4, -0.2) is 27.8 Å². The third-order valence-corrected chi connectivity index (χ3v) is 3.11. The summed E-state index contributed by atoms with van der Waals surface area (Å²) in [5.41, 5.74) is 0.148. The second-order valence-electron chi connectivity index (χ2n) is 4.38. The zero-order chi connectivity index (χ0) is 10.3. The summed E-state index contributed by atoms with van der Waals surface area (Å²) in [6, 6.07) is 0. The Labute approximate surface area is 84.9 Å². The lowest BCUT2D eigenvalue weighted by Gasteiger charge is -2.20. The Morgan fingerprint density at radius 1 is 1.23 bits per heavy atom. The minimum atomic E-state index is -0.617. The monoisotopic (exact) mass is 205 g/mol. The first-order valence-corrected chi connectivity index (χ1v) is 6.54. The maximum absolute atomic E-state index is 11.4. The molecule has 0 fully saturated rings. The molecule has 0 amide bonds. The molecule has 0 spiro atoms. The maximum atomic E-state index is 11.4. The third-order valence-electron chi connectivity index (χ3n) is 1.71. The number of hydrogen-bond donors (Lipinski definition) is 1. The molecule has 0 aliphatic rings. The average molecular weight is 205 g/mol. The molecule has 1 atom stereocenters. The van der Waals surface area contributed by atoms with E-state index in [1.165, 1.54) is 0 Å². The van der Waals surface area contributed by atoms with Gasteiger partial charge >= 0.3 is 0 Å². The molecule has 1 unspecified atom stereocenters. The first kappa shape index (κ1) is 13.1. The van der Waals surface area contributed by atoms with Gasteiger partial charge in [0, 0.05) is 34.4 Å². The van der Waals surface area contributed by atoms with Crippen LogP contribution < -0.4 is 5.32 Å². The van der Waals surface area contributed by atoms with Gasteiger partial charge in [-0.1, -0.05) is 13.3 Å². The molecule has 13 heavy (non-hydrogen) atoms. The minimum absolute atomic E-state index is 0.148. The highest BCUT2D eigenvalue weighted by atomic mass is 32.2. The van der Waals surface area contributed by atoms with E-state index in [0.717, 1.165) is 30.9 Å². The van der Waals surface area contributed by atoms with E-state index in [9.17, 15) is 4.21 Å². The van der Waals surface area contributed by atoms with Gasteiger partial charge in [-0.15, -0.1) is 0 Å². The van der Waals surface area contributed by atoms with Crippen molar-refractivity contribution in [1.29, 1.82) is 0 Å². The van der Waals surface area contributed by atoms with Crippen molar-refractivity contribution >= 4 is 10.8 Å². The first-order valence-electron chi connectivity index (χ1n) is 5.05. The number of nitrogens with one attached hydrogen (secondary N) is 1. The highest BCUT2D eigenvalue weighted by Crippen LogP contribution is 1.98. The predicted octanol–water partition coefficient (Wildman–Crippen LogP) is 1.92. The second kappa shape index (κ2) is 6.55. The predicted molar refractivity (Wildman–Crippen MR) is 60.5 cm³/mol. The Balaban J connectivity index is 3.37. The Morgan fingerprint density at radius 3 is 2.31 bits per heavy atom. The van der Waals surface area contributed by atoms with Crippen molar-refractivity contribution < 1.29 is 4.21 Å². The van der Waals surface area contributed by atoms with Gasteiger partial charge in [-0.25, -0.2) is 0 Å². The SMILES string of the molecule is CCCCS(=O)CCNC(C)(C)C. The van der Waals surface area contributed by atoms with Crippen LogP contribution in [0.15, 0.2) is 0 Å². The van der Waals surface area contributed by atoms with Crippen LogP contribution in [0.1, 0.15) is 40.5 Å². The first-order chi connectivity index (χ1) is 5.95. The van der Waals surface area contributed by atoms with Crippen LogP contribution in [0.5, 0.6) is 0 Å². The van der Waals surface area contributed by atoms with Gasteiger partial charge in [0.25, 0.3) is 0 Å². The van der Waals surface area contributed by atoms with E-state index in [1.54, 1.807) is 0 Å². The zero-order valence-electron chi connectivity index (χ0n) is 9.35. The number of rotatable bonds is 6. The summed E-state index contributed by atoms with van der Waals surface area (Å²) in [7, 11) is -0.617. The highest BCUT2D eigenvalue weighted by molar-refractivity contribution is 7.84. The molecular weight excluding hydrogens is 182 g/mol. The molecule has 0 heterocycles. The van der Waals surface area contributed by atoms with Crippen molar-refractivity contribution in [3.63, 3.8) is 0 Å². The van der Waals surface area contributed by atoms with Crippen LogP contribution in [0, 0.1) is 0 Å². The molecule has 0 saturated carbocycles. The summed E-state index contributed by atoms with van der Waals surface area (Å²) in [5, 5.41) is 3.34. The van der Waals surface area contributed by atoms with Gasteiger partial charge in [0.1, 0.15) is 0 Å². The number of unbranched alkanes of at least 4 members (excludes halogenated alkanes) is 1. The van der Waals surface area contributed by atoms with E-state index in [-0.39, 0.29) is 5.54 Å². The molecule has 80 valence electrons. The van der Waals surface area contributed by atoms with Crippen molar-refractivity contribution in [1.82, 2.24) is 5.32 Å². The lowest BCUT2D eigenvalue weighted by molar-refractivity contribution is 0.440. The standard InChI is InChI=1S/C10H23NOS/c1-5-6-8-13(12)9-7-11-10(2,3)4/h11H,5-9H2,1-4H3. The summed E-state index contributed by atoms with van der Waals surface area (Å²) in [6.45, 7) is 9.37. The van der Waals surface area contributed by atoms with E-state index >= 15 is 0 Å². The summed E-state index contributed by atoms with van der Waals surface area (Å²) in [6.07, 6.45) is 2.22. The fourth-order valence-electron chi connectivity index (χ4n) is 0.947. The minimum Gasteiger partial charge on any atom is -0.311 e. The third kappa shape index (κ3) is 10.0. The van der Waals surface area contributed by atoms with Crippen molar-refractivity contribution in [2.24, 2.45) is 0 Å². The van der Waals surface area contributed by atoms with Gasteiger partial charge in [0.05, 0.1) is 0 Å². The van der Waals surface area contributed by atoms with Gasteiger partial charge in [-0.05, 0) is 27.2 Å². The van der Waals surface area contributed by atoms with Gasteiger partial charge < -0.3 is 5.32 Å². The molecule has 2 nitrogen and oxygen atoms in total. The normalized spacial score (nSPS) is 14.5. The molecule has 1 N–H and O–H groups in total. The quantitative estimate of drug-likeness (QED) is 0.718. The van der Waals surface area contributed by atoms with Gasteiger partial charge in [0.2, 0.25) is 0 Å². The van der Waals surface area contributed by atoms with Crippen molar-refractivity contribution in [3.05, 3.63) is 0 Å². The summed E-state index contributed by atoms with van der Waals surface area (Å²) in [5.74, 6) is 1.65. The van der Waals surface area contributed by atoms with Crippen LogP contribution >= 0.6 is 0 Å². The molecule has 0 aliphatic carbocycles. The molecule has 0 aromatic heterocycles. The Kier molecular flexibility index (Phi) is 6.60. The van der Waals surface area contributed by atoms with Gasteiger partial charge in [0.15, 0.2) is 0 Å². The summed E-state index contributed by atoms with van der Waals surface area (Å²) >= 11 is 0. The molecule has 0 aliphatic heterocycles. The van der Waals surface area contributed by atoms with Gasteiger partial charge in [-0.2, -0.15) is 0 Å². The maximum Gasteiger partial charge on any atom is 0.0360 e. The highest BCUT2D eigenvalue weighted by Gasteiger charge is 2.08. The van der Waals surface area contributed by atoms with E-state index in [1.807, 2.05) is 0 Å². The van der Waals surface area contributed by atoms with Crippen LogP contribution in [0.25, 0.3) is 0 Å². The Morgan fingerprint density at radius 2 is 1.85 bits per heavy atom. The average Bonchev–Trinajstić information content (AvgIpc) is 1.98. The van der Waals surface area contributed by atoms with Gasteiger partial charge in [-0.3, -0.25) is 4.21 Å². The fraction of sp³-hybridized carbons (Fsp3) is 1.00. The van der Waals surface area contributed by atoms with Crippen molar-refractivity contribution in [2.75, 3.05) is 18.1 Å². The van der Waals surface area contributed by atoms with Crippen LogP contribution in [-0.2, 0) is 10.8 Å². The molecule has 0 rings (SSSR count). The largest absolute Gasteiger partial charge is 0.311 e. The second-order valence-corrected chi connectivity index (χ2v) is 6.07.